The zero-order chi connectivity index (χ0) is 21.5. The molecule has 2 aliphatic heterocycles. The fraction of sp³-hybridized carbons (Fsp3) is 0.435. The number of benzene rings is 1. The number of aliphatic hydroxyl groups excluding tert-OH is 1. The van der Waals surface area contributed by atoms with E-state index in [1.165, 1.54) is 0 Å². The van der Waals surface area contributed by atoms with E-state index in [1.54, 1.807) is 18.3 Å². The average molecular weight is 406 g/mol. The number of likely N-dealkylation sites (N-methyl/N-ethyl adjacent to an activating group) is 1. The number of cyclic esters (lactones) is 1. The second-order valence-corrected chi connectivity index (χ2v) is 8.46. The van der Waals surface area contributed by atoms with Gasteiger partial charge < -0.3 is 14.7 Å². The zero-order valence-corrected chi connectivity index (χ0v) is 17.6. The van der Waals surface area contributed by atoms with Crippen LogP contribution in [0, 0.1) is 18.3 Å². The second-order valence-electron chi connectivity index (χ2n) is 8.46. The smallest absolute Gasteiger partial charge is 0.338 e. The van der Waals surface area contributed by atoms with E-state index in [0.29, 0.717) is 17.7 Å². The molecule has 0 amide bonds. The van der Waals surface area contributed by atoms with Crippen molar-refractivity contribution < 1.29 is 14.6 Å². The van der Waals surface area contributed by atoms with Crippen LogP contribution in [0.15, 0.2) is 30.5 Å². The van der Waals surface area contributed by atoms with Gasteiger partial charge in [-0.05, 0) is 49.6 Å². The molecule has 2 aliphatic rings. The van der Waals surface area contributed by atoms with Gasteiger partial charge in [0, 0.05) is 38.4 Å². The third kappa shape index (κ3) is 3.53. The predicted molar refractivity (Wildman–Crippen MR) is 112 cm³/mol. The van der Waals surface area contributed by atoms with E-state index in [1.807, 2.05) is 26.1 Å². The van der Waals surface area contributed by atoms with Crippen LogP contribution in [-0.2, 0) is 11.3 Å². The Bertz CT molecular complexity index is 1010. The summed E-state index contributed by atoms with van der Waals surface area (Å²) in [6, 6.07) is 9.35. The van der Waals surface area contributed by atoms with Crippen LogP contribution in [0.1, 0.15) is 52.1 Å². The number of carbonyl (C=O) groups excluding carboxylic acids is 1. The summed E-state index contributed by atoms with van der Waals surface area (Å²) in [5, 5.41) is 19.9. The molecule has 156 valence electrons. The van der Waals surface area contributed by atoms with Gasteiger partial charge >= 0.3 is 5.97 Å². The quantitative estimate of drug-likeness (QED) is 0.763. The number of ether oxygens (including phenoxy) is 1. The number of hydrogen-bond donors (Lipinski definition) is 1. The first kappa shape index (κ1) is 20.3. The first-order valence-corrected chi connectivity index (χ1v) is 10.1. The van der Waals surface area contributed by atoms with E-state index in [0.717, 1.165) is 42.0 Å². The summed E-state index contributed by atoms with van der Waals surface area (Å²) in [5.41, 5.74) is 3.71. The van der Waals surface area contributed by atoms with Crippen molar-refractivity contribution in [2.75, 3.05) is 31.6 Å². The van der Waals surface area contributed by atoms with Crippen LogP contribution in [0.4, 0.5) is 5.82 Å². The third-order valence-corrected chi connectivity index (χ3v) is 6.56. The summed E-state index contributed by atoms with van der Waals surface area (Å²) < 4.78 is 5.12. The molecule has 4 rings (SSSR count). The highest BCUT2D eigenvalue weighted by atomic mass is 16.5. The van der Waals surface area contributed by atoms with Gasteiger partial charge in [0.1, 0.15) is 18.5 Å². The number of esters is 1. The highest BCUT2D eigenvalue weighted by Gasteiger charge is 2.38. The van der Waals surface area contributed by atoms with Crippen LogP contribution in [0.5, 0.6) is 0 Å². The Hall–Kier alpha value is -2.95. The van der Waals surface area contributed by atoms with Gasteiger partial charge in [-0.25, -0.2) is 9.78 Å². The van der Waals surface area contributed by atoms with Crippen LogP contribution in [0.3, 0.4) is 0 Å². The van der Waals surface area contributed by atoms with Gasteiger partial charge in [-0.15, -0.1) is 0 Å². The fourth-order valence-corrected chi connectivity index (χ4v) is 4.47. The van der Waals surface area contributed by atoms with Crippen molar-refractivity contribution in [2.24, 2.45) is 0 Å². The van der Waals surface area contributed by atoms with Gasteiger partial charge in [0.05, 0.1) is 22.8 Å². The van der Waals surface area contributed by atoms with E-state index < -0.39 is 6.10 Å². The molecule has 1 aromatic carbocycles. The maximum Gasteiger partial charge on any atom is 0.338 e. The van der Waals surface area contributed by atoms with E-state index in [9.17, 15) is 9.90 Å². The Morgan fingerprint density at radius 3 is 2.90 bits per heavy atom. The molecular formula is C23H26N4O3. The number of anilines is 1. The first-order valence-electron chi connectivity index (χ1n) is 10.1. The van der Waals surface area contributed by atoms with E-state index >= 15 is 0 Å². The van der Waals surface area contributed by atoms with Crippen LogP contribution in [-0.4, -0.2) is 53.2 Å². The molecule has 1 fully saturated rings. The molecule has 2 aromatic rings. The highest BCUT2D eigenvalue weighted by Crippen LogP contribution is 2.33. The largest absolute Gasteiger partial charge is 0.457 e. The molecule has 0 aliphatic carbocycles. The summed E-state index contributed by atoms with van der Waals surface area (Å²) in [6.07, 6.45) is 1.91. The standard InChI is InChI=1S/C23H26N4O3/c1-15-17(5-6-18-19(15)13-30-22(18)29)20(28)12-27-9-8-23(2,14-27)26(3)21-7-4-16(10-24)11-25-21/h4-7,11,20,28H,8-9,12-14H2,1-3H3/t20-,23?/m0/s1. The monoisotopic (exact) mass is 406 g/mol. The molecule has 0 radical (unpaired) electrons. The van der Waals surface area contributed by atoms with Crippen molar-refractivity contribution in [2.45, 2.75) is 38.5 Å². The number of aromatic nitrogens is 1. The molecule has 1 saturated heterocycles. The number of β-amino-alcohol motifs (C(OH)–C–C–N with tert-alkyl or cyclic N) is 1. The molecule has 1 N–H and O–H groups in total. The molecule has 0 saturated carbocycles. The van der Waals surface area contributed by atoms with Gasteiger partial charge in [0.15, 0.2) is 0 Å². The topological polar surface area (TPSA) is 89.7 Å². The predicted octanol–water partition coefficient (Wildman–Crippen LogP) is 2.57. The molecule has 1 unspecified atom stereocenters. The Labute approximate surface area is 176 Å². The number of likely N-dealkylation sites (tertiary alicyclic amines) is 1. The average Bonchev–Trinajstić information content (AvgIpc) is 3.31. The number of aliphatic hydroxyl groups is 1. The van der Waals surface area contributed by atoms with Crippen LogP contribution < -0.4 is 4.90 Å². The van der Waals surface area contributed by atoms with Crippen molar-refractivity contribution in [1.82, 2.24) is 9.88 Å². The normalized spacial score (nSPS) is 21.8. The van der Waals surface area contributed by atoms with E-state index in [4.69, 9.17) is 10.00 Å². The van der Waals surface area contributed by atoms with Crippen molar-refractivity contribution >= 4 is 11.8 Å². The summed E-state index contributed by atoms with van der Waals surface area (Å²) in [7, 11) is 2.02. The lowest BCUT2D eigenvalue weighted by Gasteiger charge is -2.36. The Morgan fingerprint density at radius 2 is 2.20 bits per heavy atom. The minimum absolute atomic E-state index is 0.117. The molecule has 7 nitrogen and oxygen atoms in total. The summed E-state index contributed by atoms with van der Waals surface area (Å²) in [4.78, 5) is 20.6. The fourth-order valence-electron chi connectivity index (χ4n) is 4.47. The molecule has 0 spiro atoms. The number of nitriles is 1. The minimum atomic E-state index is -0.633. The zero-order valence-electron chi connectivity index (χ0n) is 17.6. The molecule has 30 heavy (non-hydrogen) atoms. The summed E-state index contributed by atoms with van der Waals surface area (Å²) in [6.45, 7) is 6.62. The van der Waals surface area contributed by atoms with Crippen molar-refractivity contribution in [3.8, 4) is 6.07 Å². The number of hydrogen-bond acceptors (Lipinski definition) is 7. The van der Waals surface area contributed by atoms with E-state index in [-0.39, 0.29) is 18.1 Å². The van der Waals surface area contributed by atoms with Gasteiger partial charge in [-0.1, -0.05) is 6.07 Å². The lowest BCUT2D eigenvalue weighted by atomic mass is 9.95. The van der Waals surface area contributed by atoms with Crippen LogP contribution in [0.25, 0.3) is 0 Å². The van der Waals surface area contributed by atoms with Crippen molar-refractivity contribution in [1.29, 1.82) is 5.26 Å². The molecule has 2 atom stereocenters. The molecule has 7 heteroatoms. The molecular weight excluding hydrogens is 380 g/mol. The Balaban J connectivity index is 1.44. The van der Waals surface area contributed by atoms with Gasteiger partial charge in [0.2, 0.25) is 0 Å². The number of carbonyl (C=O) groups is 1. The lowest BCUT2D eigenvalue weighted by Crippen LogP contribution is -2.47. The molecule has 0 bridgehead atoms. The van der Waals surface area contributed by atoms with Crippen molar-refractivity contribution in [3.05, 3.63) is 58.3 Å². The Kier molecular flexibility index (Phi) is 5.22. The number of pyridine rings is 1. The second kappa shape index (κ2) is 7.71. The van der Waals surface area contributed by atoms with Gasteiger partial charge in [-0.2, -0.15) is 5.26 Å². The third-order valence-electron chi connectivity index (χ3n) is 6.56. The summed E-state index contributed by atoms with van der Waals surface area (Å²) >= 11 is 0. The highest BCUT2D eigenvalue weighted by molar-refractivity contribution is 5.93. The summed E-state index contributed by atoms with van der Waals surface area (Å²) in [5.74, 6) is 0.543. The minimum Gasteiger partial charge on any atom is -0.457 e. The number of rotatable bonds is 5. The first-order chi connectivity index (χ1) is 14.3. The van der Waals surface area contributed by atoms with E-state index in [2.05, 4.69) is 27.8 Å². The maximum atomic E-state index is 11.7. The molecule has 3 heterocycles. The van der Waals surface area contributed by atoms with Gasteiger partial charge in [-0.3, -0.25) is 4.90 Å². The maximum absolute atomic E-state index is 11.7. The lowest BCUT2D eigenvalue weighted by molar-refractivity contribution is 0.0535. The SMILES string of the molecule is Cc1c([C@@H](O)CN2CCC(C)(N(C)c3ccc(C#N)cn3)C2)ccc2c1COC2=O. The number of fused-ring (bicyclic) bond motifs is 1. The van der Waals surface area contributed by atoms with Crippen LogP contribution >= 0.6 is 0 Å². The molecule has 1 aromatic heterocycles. The van der Waals surface area contributed by atoms with Gasteiger partial charge in [0.25, 0.3) is 0 Å². The van der Waals surface area contributed by atoms with Crippen molar-refractivity contribution in [3.63, 3.8) is 0 Å². The number of nitrogens with zero attached hydrogens (tertiary/aromatic N) is 4. The van der Waals surface area contributed by atoms with Crippen LogP contribution in [0.2, 0.25) is 0 Å². The Morgan fingerprint density at radius 1 is 1.40 bits per heavy atom.